The van der Waals surface area contributed by atoms with Crippen LogP contribution in [0.5, 0.6) is 0 Å². The zero-order valence-corrected chi connectivity index (χ0v) is 13.8. The van der Waals surface area contributed by atoms with Crippen LogP contribution in [0.2, 0.25) is 0 Å². The van der Waals surface area contributed by atoms with Crippen molar-refractivity contribution in [1.29, 1.82) is 0 Å². The normalized spacial score (nSPS) is 17.2. The molecule has 1 atom stereocenters. The van der Waals surface area contributed by atoms with Gasteiger partial charge in [0.2, 0.25) is 5.95 Å². The molecular weight excluding hydrogens is 312 g/mol. The van der Waals surface area contributed by atoms with E-state index in [1.165, 1.54) is 0 Å². The smallest absolute Gasteiger partial charge is 0.222 e. The third-order valence-corrected chi connectivity index (χ3v) is 4.94. The monoisotopic (exact) mass is 332 g/mol. The first-order valence-electron chi connectivity index (χ1n) is 7.54. The Hall–Kier alpha value is -1.99. The van der Waals surface area contributed by atoms with Crippen LogP contribution in [0, 0.1) is 0 Å². The number of nitrogen functional groups attached to an aromatic ring is 1. The van der Waals surface area contributed by atoms with Crippen LogP contribution in [0.4, 0.5) is 11.8 Å². The zero-order chi connectivity index (χ0) is 16.4. The molecule has 1 aliphatic rings. The Morgan fingerprint density at radius 3 is 2.48 bits per heavy atom. The number of aliphatic hydroxyl groups is 1. The Morgan fingerprint density at radius 2 is 1.87 bits per heavy atom. The lowest BCUT2D eigenvalue weighted by Gasteiger charge is -2.30. The molecule has 0 radical (unpaired) electrons. The molecule has 1 aliphatic heterocycles. The maximum atomic E-state index is 11.5. The maximum absolute atomic E-state index is 11.5. The lowest BCUT2D eigenvalue weighted by Crippen LogP contribution is -2.36. The van der Waals surface area contributed by atoms with E-state index in [4.69, 9.17) is 5.73 Å². The maximum Gasteiger partial charge on any atom is 0.222 e. The number of nitrogens with two attached hydrogens (primary N) is 1. The van der Waals surface area contributed by atoms with Gasteiger partial charge in [0.15, 0.2) is 0 Å². The Balaban J connectivity index is 1.89. The molecule has 1 aromatic heterocycles. The average Bonchev–Trinajstić information content (AvgIpc) is 2.55. The molecular formula is C16H20N4O2S. The van der Waals surface area contributed by atoms with Crippen molar-refractivity contribution < 1.29 is 9.32 Å². The molecule has 6 nitrogen and oxygen atoms in total. The number of benzene rings is 1. The number of nitrogens with zero attached hydrogens (tertiary/aromatic N) is 3. The fourth-order valence-corrected chi connectivity index (χ4v) is 3.19. The van der Waals surface area contributed by atoms with Crippen molar-refractivity contribution in [1.82, 2.24) is 9.97 Å². The van der Waals surface area contributed by atoms with E-state index in [9.17, 15) is 9.32 Å². The molecule has 0 amide bonds. The number of aliphatic hydroxyl groups excluding tert-OH is 1. The molecule has 0 spiro atoms. The molecule has 23 heavy (non-hydrogen) atoms. The molecule has 0 saturated carbocycles. The summed E-state index contributed by atoms with van der Waals surface area (Å²) in [6, 6.07) is 9.36. The summed E-state index contributed by atoms with van der Waals surface area (Å²) in [6.07, 6.45) is 2.89. The minimum Gasteiger partial charge on any atom is -0.393 e. The molecule has 0 aliphatic carbocycles. The van der Waals surface area contributed by atoms with Crippen molar-refractivity contribution >= 4 is 22.6 Å². The van der Waals surface area contributed by atoms with E-state index in [1.54, 1.807) is 6.26 Å². The second kappa shape index (κ2) is 6.64. The van der Waals surface area contributed by atoms with Crippen LogP contribution in [0.15, 0.2) is 35.2 Å². The van der Waals surface area contributed by atoms with E-state index >= 15 is 0 Å². The second-order valence-corrected chi connectivity index (χ2v) is 7.05. The molecule has 1 saturated heterocycles. The summed E-state index contributed by atoms with van der Waals surface area (Å²) in [5.41, 5.74) is 7.51. The van der Waals surface area contributed by atoms with E-state index in [0.717, 1.165) is 47.9 Å². The average molecular weight is 332 g/mol. The quantitative estimate of drug-likeness (QED) is 0.883. The highest BCUT2D eigenvalue weighted by molar-refractivity contribution is 7.84. The Kier molecular flexibility index (Phi) is 4.58. The predicted molar refractivity (Wildman–Crippen MR) is 91.7 cm³/mol. The fourth-order valence-electron chi connectivity index (χ4n) is 2.67. The predicted octanol–water partition coefficient (Wildman–Crippen LogP) is 1.42. The van der Waals surface area contributed by atoms with Crippen LogP contribution in [-0.2, 0) is 10.8 Å². The molecule has 2 heterocycles. The van der Waals surface area contributed by atoms with Gasteiger partial charge < -0.3 is 15.7 Å². The van der Waals surface area contributed by atoms with Gasteiger partial charge in [-0.15, -0.1) is 0 Å². The highest BCUT2D eigenvalue weighted by Crippen LogP contribution is 2.25. The van der Waals surface area contributed by atoms with Gasteiger partial charge in [-0.2, -0.15) is 4.98 Å². The van der Waals surface area contributed by atoms with Gasteiger partial charge >= 0.3 is 0 Å². The highest BCUT2D eigenvalue weighted by atomic mass is 32.2. The third-order valence-electron chi connectivity index (χ3n) is 4.00. The topological polar surface area (TPSA) is 92.3 Å². The lowest BCUT2D eigenvalue weighted by atomic mass is 10.1. The largest absolute Gasteiger partial charge is 0.393 e. The van der Waals surface area contributed by atoms with E-state index in [2.05, 4.69) is 14.9 Å². The Morgan fingerprint density at radius 1 is 1.22 bits per heavy atom. The van der Waals surface area contributed by atoms with E-state index in [-0.39, 0.29) is 12.1 Å². The molecule has 122 valence electrons. The van der Waals surface area contributed by atoms with Crippen LogP contribution in [0.3, 0.4) is 0 Å². The van der Waals surface area contributed by atoms with Crippen molar-refractivity contribution in [3.63, 3.8) is 0 Å². The van der Waals surface area contributed by atoms with Crippen LogP contribution in [0.1, 0.15) is 12.8 Å². The summed E-state index contributed by atoms with van der Waals surface area (Å²) in [5, 5.41) is 9.62. The van der Waals surface area contributed by atoms with Gasteiger partial charge in [-0.05, 0) is 25.0 Å². The number of aromatic nitrogens is 2. The molecule has 0 bridgehead atoms. The minimum atomic E-state index is -0.999. The number of hydrogen-bond acceptors (Lipinski definition) is 6. The minimum absolute atomic E-state index is 0.228. The molecule has 2 aromatic rings. The second-order valence-electron chi connectivity index (χ2n) is 5.67. The van der Waals surface area contributed by atoms with Gasteiger partial charge in [-0.25, -0.2) is 4.98 Å². The summed E-state index contributed by atoms with van der Waals surface area (Å²) < 4.78 is 11.5. The highest BCUT2D eigenvalue weighted by Gasteiger charge is 2.19. The van der Waals surface area contributed by atoms with Gasteiger partial charge in [0.25, 0.3) is 0 Å². The Labute approximate surface area is 137 Å². The molecule has 3 rings (SSSR count). The summed E-state index contributed by atoms with van der Waals surface area (Å²) in [4.78, 5) is 11.5. The fraction of sp³-hybridized carbons (Fsp3) is 0.375. The van der Waals surface area contributed by atoms with Gasteiger partial charge in [-0.3, -0.25) is 4.21 Å². The van der Waals surface area contributed by atoms with Gasteiger partial charge in [0.05, 0.1) is 11.8 Å². The van der Waals surface area contributed by atoms with Crippen molar-refractivity contribution in [3.05, 3.63) is 30.3 Å². The molecule has 3 N–H and O–H groups in total. The van der Waals surface area contributed by atoms with Gasteiger partial charge in [0.1, 0.15) is 5.82 Å². The number of rotatable bonds is 3. The van der Waals surface area contributed by atoms with Crippen molar-refractivity contribution in [2.45, 2.75) is 23.8 Å². The van der Waals surface area contributed by atoms with Crippen LogP contribution < -0.4 is 10.6 Å². The van der Waals surface area contributed by atoms with Gasteiger partial charge in [-0.1, -0.05) is 12.1 Å². The number of anilines is 2. The summed E-state index contributed by atoms with van der Waals surface area (Å²) in [5.74, 6) is 1.01. The summed E-state index contributed by atoms with van der Waals surface area (Å²) in [6.45, 7) is 1.51. The van der Waals surface area contributed by atoms with Crippen LogP contribution in [0.25, 0.3) is 11.3 Å². The summed E-state index contributed by atoms with van der Waals surface area (Å²) in [7, 11) is -0.999. The van der Waals surface area contributed by atoms with Crippen LogP contribution in [-0.4, -0.2) is 44.7 Å². The van der Waals surface area contributed by atoms with Crippen molar-refractivity contribution in [3.8, 4) is 11.3 Å². The third kappa shape index (κ3) is 3.68. The lowest BCUT2D eigenvalue weighted by molar-refractivity contribution is 0.145. The first-order valence-corrected chi connectivity index (χ1v) is 9.10. The molecule has 1 unspecified atom stereocenters. The van der Waals surface area contributed by atoms with Gasteiger partial charge in [0, 0.05) is 46.7 Å². The summed E-state index contributed by atoms with van der Waals surface area (Å²) >= 11 is 0. The first-order chi connectivity index (χ1) is 11.0. The molecule has 1 aromatic carbocycles. The zero-order valence-electron chi connectivity index (χ0n) is 13.0. The van der Waals surface area contributed by atoms with Crippen LogP contribution >= 0.6 is 0 Å². The SMILES string of the molecule is CS(=O)c1ccc(-c2cc(N3CCC(O)CC3)nc(N)n2)cc1. The number of piperidine rings is 1. The first kappa shape index (κ1) is 15.9. The van der Waals surface area contributed by atoms with E-state index < -0.39 is 10.8 Å². The molecule has 7 heteroatoms. The van der Waals surface area contributed by atoms with Crippen molar-refractivity contribution in [2.75, 3.05) is 30.0 Å². The van der Waals surface area contributed by atoms with E-state index in [1.807, 2.05) is 30.3 Å². The van der Waals surface area contributed by atoms with Crippen molar-refractivity contribution in [2.24, 2.45) is 0 Å². The molecule has 1 fully saturated rings. The standard InChI is InChI=1S/C16H20N4O2S/c1-23(22)13-4-2-11(3-5-13)14-10-15(19-16(17)18-14)20-8-6-12(21)7-9-20/h2-5,10,12,21H,6-9H2,1H3,(H2,17,18,19). The van der Waals surface area contributed by atoms with E-state index in [0.29, 0.717) is 0 Å². The Bertz CT molecular complexity index is 713. The number of hydrogen-bond donors (Lipinski definition) is 2.